The summed E-state index contributed by atoms with van der Waals surface area (Å²) in [5.74, 6) is 0.601. The molecule has 2 aliphatic rings. The molecule has 0 spiro atoms. The minimum atomic E-state index is -0.276. The Morgan fingerprint density at radius 2 is 2.10 bits per heavy atom. The van der Waals surface area contributed by atoms with Crippen LogP contribution in [0.25, 0.3) is 11.3 Å². The highest BCUT2D eigenvalue weighted by molar-refractivity contribution is 5.73. The number of piperidine rings is 1. The number of aliphatic hydroxyl groups is 1. The monoisotopic (exact) mass is 399 g/mol. The molecular weight excluding hydrogens is 370 g/mol. The fourth-order valence-corrected chi connectivity index (χ4v) is 4.61. The molecule has 1 atom stereocenters. The maximum atomic E-state index is 13.1. The third-order valence-electron chi connectivity index (χ3n) is 6.13. The number of aromatic nitrogens is 3. The van der Waals surface area contributed by atoms with Crippen molar-refractivity contribution in [2.45, 2.75) is 45.1 Å². The van der Waals surface area contributed by atoms with Crippen molar-refractivity contribution in [3.8, 4) is 17.0 Å². The van der Waals surface area contributed by atoms with Gasteiger partial charge in [-0.05, 0) is 62.3 Å². The SMILES string of the molecule is Cc1cc2c(c(O)c1-c1nnc(N[C@@H]3CCCN(CCO)C3)n(C)c1=O)CCC2. The van der Waals surface area contributed by atoms with E-state index in [0.29, 0.717) is 18.1 Å². The molecule has 1 aromatic heterocycles. The summed E-state index contributed by atoms with van der Waals surface area (Å²) >= 11 is 0. The molecule has 29 heavy (non-hydrogen) atoms. The molecule has 4 rings (SSSR count). The van der Waals surface area contributed by atoms with Crippen molar-refractivity contribution >= 4 is 5.95 Å². The molecule has 0 unspecified atom stereocenters. The Morgan fingerprint density at radius 1 is 1.28 bits per heavy atom. The van der Waals surface area contributed by atoms with Gasteiger partial charge in [0.25, 0.3) is 5.56 Å². The van der Waals surface area contributed by atoms with Gasteiger partial charge in [-0.1, -0.05) is 6.07 Å². The summed E-state index contributed by atoms with van der Waals surface area (Å²) in [6, 6.07) is 2.21. The number of benzene rings is 1. The average Bonchev–Trinajstić information content (AvgIpc) is 3.16. The molecule has 0 saturated carbocycles. The second kappa shape index (κ2) is 8.12. The summed E-state index contributed by atoms with van der Waals surface area (Å²) in [6.45, 7) is 4.46. The molecule has 2 aromatic rings. The van der Waals surface area contributed by atoms with Gasteiger partial charge in [0.15, 0.2) is 5.69 Å². The standard InChI is InChI=1S/C21H29N5O3/c1-13-11-14-5-3-7-16(14)19(28)17(13)18-20(29)25(2)21(24-23-18)22-15-6-4-8-26(12-15)9-10-27/h11,15,27-28H,3-10,12H2,1-2H3,(H,22,24)/t15-/m1/s1. The van der Waals surface area contributed by atoms with Gasteiger partial charge in [-0.3, -0.25) is 14.3 Å². The molecule has 8 heteroatoms. The second-order valence-corrected chi connectivity index (χ2v) is 8.15. The van der Waals surface area contributed by atoms with Crippen LogP contribution in [0.3, 0.4) is 0 Å². The van der Waals surface area contributed by atoms with Crippen molar-refractivity contribution < 1.29 is 10.2 Å². The molecule has 0 radical (unpaired) electrons. The molecule has 0 amide bonds. The molecular formula is C21H29N5O3. The number of rotatable bonds is 5. The van der Waals surface area contributed by atoms with Crippen LogP contribution in [0.5, 0.6) is 5.75 Å². The lowest BCUT2D eigenvalue weighted by molar-refractivity contribution is 0.166. The molecule has 1 fully saturated rings. The Balaban J connectivity index is 1.63. The zero-order chi connectivity index (χ0) is 20.5. The number of likely N-dealkylation sites (tertiary alicyclic amines) is 1. The van der Waals surface area contributed by atoms with Gasteiger partial charge >= 0.3 is 0 Å². The minimum Gasteiger partial charge on any atom is -0.507 e. The number of β-amino-alcohol motifs (C(OH)–C–C–N with tert-alkyl or cyclic N) is 1. The predicted octanol–water partition coefficient (Wildman–Crippen LogP) is 1.21. The van der Waals surface area contributed by atoms with E-state index in [0.717, 1.165) is 61.9 Å². The molecule has 156 valence electrons. The predicted molar refractivity (Wildman–Crippen MR) is 111 cm³/mol. The summed E-state index contributed by atoms with van der Waals surface area (Å²) in [5, 5.41) is 31.8. The number of hydrogen-bond donors (Lipinski definition) is 3. The van der Waals surface area contributed by atoms with E-state index in [1.807, 2.05) is 6.92 Å². The van der Waals surface area contributed by atoms with Gasteiger partial charge in [0.05, 0.1) is 12.2 Å². The van der Waals surface area contributed by atoms with E-state index in [1.54, 1.807) is 7.05 Å². The maximum absolute atomic E-state index is 13.1. The van der Waals surface area contributed by atoms with Crippen molar-refractivity contribution in [1.82, 2.24) is 19.7 Å². The van der Waals surface area contributed by atoms with Crippen molar-refractivity contribution in [2.75, 3.05) is 31.6 Å². The Labute approximate surface area is 170 Å². The number of fused-ring (bicyclic) bond motifs is 1. The van der Waals surface area contributed by atoms with Crippen molar-refractivity contribution in [2.24, 2.45) is 7.05 Å². The third-order valence-corrected chi connectivity index (χ3v) is 6.13. The number of aromatic hydroxyl groups is 1. The quantitative estimate of drug-likeness (QED) is 0.694. The molecule has 1 aliphatic carbocycles. The maximum Gasteiger partial charge on any atom is 0.281 e. The van der Waals surface area contributed by atoms with Crippen molar-refractivity contribution in [3.05, 3.63) is 33.1 Å². The molecule has 1 aromatic carbocycles. The number of phenols is 1. The number of hydrogen-bond acceptors (Lipinski definition) is 7. The van der Waals surface area contributed by atoms with Crippen LogP contribution >= 0.6 is 0 Å². The summed E-state index contributed by atoms with van der Waals surface area (Å²) in [4.78, 5) is 15.3. The molecule has 2 heterocycles. The van der Waals surface area contributed by atoms with E-state index in [-0.39, 0.29) is 29.7 Å². The normalized spacial score (nSPS) is 19.3. The van der Waals surface area contributed by atoms with Crippen LogP contribution in [0.15, 0.2) is 10.9 Å². The Bertz CT molecular complexity index is 970. The number of phenolic OH excluding ortho intramolecular Hbond substituents is 1. The third kappa shape index (κ3) is 3.74. The average molecular weight is 399 g/mol. The zero-order valence-electron chi connectivity index (χ0n) is 17.1. The molecule has 0 bridgehead atoms. The van der Waals surface area contributed by atoms with Crippen LogP contribution in [0, 0.1) is 6.92 Å². The summed E-state index contributed by atoms with van der Waals surface area (Å²) in [7, 11) is 1.68. The van der Waals surface area contributed by atoms with Gasteiger partial charge in [0, 0.05) is 26.2 Å². The largest absolute Gasteiger partial charge is 0.507 e. The van der Waals surface area contributed by atoms with Crippen LogP contribution in [0.2, 0.25) is 0 Å². The lowest BCUT2D eigenvalue weighted by atomic mass is 9.97. The number of nitrogens with zero attached hydrogens (tertiary/aromatic N) is 4. The van der Waals surface area contributed by atoms with E-state index in [4.69, 9.17) is 5.11 Å². The van der Waals surface area contributed by atoms with Crippen molar-refractivity contribution in [1.29, 1.82) is 0 Å². The van der Waals surface area contributed by atoms with Gasteiger partial charge in [-0.15, -0.1) is 10.2 Å². The van der Waals surface area contributed by atoms with Crippen LogP contribution in [0.1, 0.15) is 36.0 Å². The number of aryl methyl sites for hydroxylation is 2. The fourth-order valence-electron chi connectivity index (χ4n) is 4.61. The van der Waals surface area contributed by atoms with E-state index < -0.39 is 0 Å². The zero-order valence-corrected chi connectivity index (χ0v) is 17.1. The topological polar surface area (TPSA) is 104 Å². The first-order valence-electron chi connectivity index (χ1n) is 10.4. The van der Waals surface area contributed by atoms with Crippen LogP contribution < -0.4 is 10.9 Å². The van der Waals surface area contributed by atoms with E-state index in [9.17, 15) is 9.90 Å². The first-order chi connectivity index (χ1) is 14.0. The molecule has 1 aliphatic heterocycles. The minimum absolute atomic E-state index is 0.142. The Morgan fingerprint density at radius 3 is 2.90 bits per heavy atom. The number of nitrogens with one attached hydrogen (secondary N) is 1. The first kappa shape index (κ1) is 19.8. The number of aliphatic hydroxyl groups excluding tert-OH is 1. The smallest absolute Gasteiger partial charge is 0.281 e. The lowest BCUT2D eigenvalue weighted by Gasteiger charge is -2.33. The van der Waals surface area contributed by atoms with Gasteiger partial charge < -0.3 is 15.5 Å². The van der Waals surface area contributed by atoms with Gasteiger partial charge in [-0.25, -0.2) is 0 Å². The highest BCUT2D eigenvalue weighted by Crippen LogP contribution is 2.39. The van der Waals surface area contributed by atoms with E-state index in [2.05, 4.69) is 26.5 Å². The summed E-state index contributed by atoms with van der Waals surface area (Å²) in [5.41, 5.74) is 3.36. The Kier molecular flexibility index (Phi) is 5.56. The van der Waals surface area contributed by atoms with Crippen LogP contribution in [0.4, 0.5) is 5.95 Å². The fraction of sp³-hybridized carbons (Fsp3) is 0.571. The lowest BCUT2D eigenvalue weighted by Crippen LogP contribution is -2.44. The van der Waals surface area contributed by atoms with Crippen LogP contribution in [-0.2, 0) is 19.9 Å². The van der Waals surface area contributed by atoms with E-state index in [1.165, 1.54) is 4.57 Å². The van der Waals surface area contributed by atoms with Crippen molar-refractivity contribution in [3.63, 3.8) is 0 Å². The van der Waals surface area contributed by atoms with Gasteiger partial charge in [-0.2, -0.15) is 0 Å². The van der Waals surface area contributed by atoms with E-state index >= 15 is 0 Å². The molecule has 8 nitrogen and oxygen atoms in total. The first-order valence-corrected chi connectivity index (χ1v) is 10.4. The van der Waals surface area contributed by atoms with Gasteiger partial charge in [0.2, 0.25) is 5.95 Å². The summed E-state index contributed by atoms with van der Waals surface area (Å²) in [6.07, 6.45) is 4.82. The Hall–Kier alpha value is -2.45. The summed E-state index contributed by atoms with van der Waals surface area (Å²) < 4.78 is 1.47. The number of anilines is 1. The second-order valence-electron chi connectivity index (χ2n) is 8.15. The molecule has 1 saturated heterocycles. The highest BCUT2D eigenvalue weighted by atomic mass is 16.3. The molecule has 3 N–H and O–H groups in total. The van der Waals surface area contributed by atoms with Crippen LogP contribution in [-0.4, -0.2) is 62.2 Å². The van der Waals surface area contributed by atoms with Gasteiger partial charge in [0.1, 0.15) is 5.75 Å². The highest BCUT2D eigenvalue weighted by Gasteiger charge is 2.25.